The fourth-order valence-electron chi connectivity index (χ4n) is 8.70. The van der Waals surface area contributed by atoms with Gasteiger partial charge >= 0.3 is 0 Å². The number of fused-ring (bicyclic) bond motifs is 3. The molecule has 1 aromatic rings. The lowest BCUT2D eigenvalue weighted by atomic mass is 9.88. The molecule has 0 aromatic heterocycles. The minimum absolute atomic E-state index is 0.534. The number of hydrogen-bond acceptors (Lipinski definition) is 6. The van der Waals surface area contributed by atoms with Crippen LogP contribution in [0, 0.1) is 17.8 Å². The first kappa shape index (κ1) is 34.4. The lowest BCUT2D eigenvalue weighted by Crippen LogP contribution is -2.43. The monoisotopic (exact) mass is 706 g/mol. The van der Waals surface area contributed by atoms with Crippen molar-refractivity contribution in [2.75, 3.05) is 0 Å². The first-order chi connectivity index (χ1) is 21.9. The van der Waals surface area contributed by atoms with Gasteiger partial charge in [-0.05, 0) is 145 Å². The molecule has 0 bridgehead atoms. The Hall–Kier alpha value is -0.0194. The second-order valence-corrected chi connectivity index (χ2v) is 33.0. The van der Waals surface area contributed by atoms with Gasteiger partial charge in [0.1, 0.15) is 0 Å². The van der Waals surface area contributed by atoms with E-state index in [2.05, 4.69) is 69.6 Å². The highest BCUT2D eigenvalue weighted by molar-refractivity contribution is 8.23. The molecule has 0 N–H and O–H groups in total. The van der Waals surface area contributed by atoms with Gasteiger partial charge in [0.15, 0.2) is 0 Å². The van der Waals surface area contributed by atoms with Gasteiger partial charge in [0, 0.05) is 0 Å². The van der Waals surface area contributed by atoms with Crippen LogP contribution < -0.4 is 0 Å². The second kappa shape index (κ2) is 13.6. The number of epoxide rings is 3. The molecule has 9 unspecified atom stereocenters. The first-order valence-electron chi connectivity index (χ1n) is 18.8. The predicted octanol–water partition coefficient (Wildman–Crippen LogP) is 10.1. The fourth-order valence-corrected chi connectivity index (χ4v) is 23.1. The second-order valence-electron chi connectivity index (χ2n) is 17.6. The Morgan fingerprint density at radius 2 is 0.870 bits per heavy atom. The van der Waals surface area contributed by atoms with Crippen molar-refractivity contribution in [2.45, 2.75) is 176 Å². The normalized spacial score (nSPS) is 37.3. The van der Waals surface area contributed by atoms with Crippen LogP contribution in [0.2, 0.25) is 57.4 Å². The van der Waals surface area contributed by atoms with E-state index < -0.39 is 35.8 Å². The van der Waals surface area contributed by atoms with Gasteiger partial charge in [-0.1, -0.05) is 37.5 Å². The Morgan fingerprint density at radius 1 is 0.522 bits per heavy atom. The van der Waals surface area contributed by atoms with Crippen LogP contribution >= 0.6 is 10.9 Å². The molecule has 3 heterocycles. The Balaban J connectivity index is 1.09. The molecule has 3 aliphatic carbocycles. The third-order valence-electron chi connectivity index (χ3n) is 11.8. The molecular weight excluding hydrogens is 645 g/mol. The fraction of sp³-hybridized carbons (Fsp3) is 0.833. The van der Waals surface area contributed by atoms with Gasteiger partial charge < -0.3 is 25.8 Å². The molecule has 3 aliphatic heterocycles. The zero-order valence-corrected chi connectivity index (χ0v) is 33.4. The Morgan fingerprint density at radius 3 is 1.20 bits per heavy atom. The highest BCUT2D eigenvalue weighted by Crippen LogP contribution is 2.65. The summed E-state index contributed by atoms with van der Waals surface area (Å²) in [5.41, 5.74) is 0. The lowest BCUT2D eigenvalue weighted by molar-refractivity contribution is 0.343. The van der Waals surface area contributed by atoms with E-state index in [-0.39, 0.29) is 0 Å². The summed E-state index contributed by atoms with van der Waals surface area (Å²) in [6.07, 6.45) is 18.3. The van der Waals surface area contributed by atoms with E-state index in [9.17, 15) is 0 Å². The van der Waals surface area contributed by atoms with Crippen molar-refractivity contribution in [3.63, 3.8) is 0 Å². The molecule has 0 spiro atoms. The molecule has 6 fully saturated rings. The van der Waals surface area contributed by atoms with Crippen LogP contribution in [0.4, 0.5) is 0 Å². The van der Waals surface area contributed by atoms with Crippen LogP contribution in [0.5, 0.6) is 0 Å². The number of benzene rings is 1. The average Bonchev–Trinajstić information content (AvgIpc) is 3.89. The summed E-state index contributed by atoms with van der Waals surface area (Å²) >= 11 is 0. The molecule has 7 rings (SSSR count). The molecule has 0 amide bonds. The first-order valence-corrected chi connectivity index (χ1v) is 29.6. The summed E-state index contributed by atoms with van der Waals surface area (Å²) in [6, 6.07) is 14.3. The highest BCUT2D eigenvalue weighted by Gasteiger charge is 2.50. The van der Waals surface area contributed by atoms with E-state index in [1.807, 2.05) is 0 Å². The molecule has 0 radical (unpaired) electrons. The van der Waals surface area contributed by atoms with Crippen molar-refractivity contribution < 1.29 is 25.8 Å². The molecule has 46 heavy (non-hydrogen) atoms. The average molecular weight is 707 g/mol. The van der Waals surface area contributed by atoms with Crippen LogP contribution in [-0.4, -0.2) is 61.6 Å². The highest BCUT2D eigenvalue weighted by atomic mass is 32.3. The number of rotatable bonds is 16. The molecule has 1 aromatic carbocycles. The van der Waals surface area contributed by atoms with Crippen LogP contribution in [-0.2, 0) is 25.8 Å². The maximum Gasteiger partial charge on any atom is 0.209 e. The van der Waals surface area contributed by atoms with Gasteiger partial charge in [-0.3, -0.25) is 0 Å². The zero-order valence-electron chi connectivity index (χ0n) is 29.5. The maximum atomic E-state index is 7.62. The largest absolute Gasteiger partial charge is 0.370 e. The number of ether oxygens (including phenoxy) is 3. The summed E-state index contributed by atoms with van der Waals surface area (Å²) in [4.78, 5) is 1.13. The van der Waals surface area contributed by atoms with E-state index in [1.165, 1.54) is 77.0 Å². The topological polar surface area (TPSA) is 65.3 Å². The standard InChI is InChI=1S/C36H62O6SSi3/c1-44(2,21-18-27-12-15-31-34(24-27)37-31)40-43(30-10-8-7-9-11-30,41-45(3,4)22-19-28-13-16-32-35(25-28)38-32)42-46(5,6)23-20-29-14-17-33-36(26-29)39-33/h7-11,27-29,31-36H,12-26H2,1-6H3. The van der Waals surface area contributed by atoms with Gasteiger partial charge in [0.25, 0.3) is 0 Å². The van der Waals surface area contributed by atoms with Gasteiger partial charge in [-0.2, -0.15) is 0 Å². The van der Waals surface area contributed by atoms with Crippen LogP contribution in [0.25, 0.3) is 0 Å². The zero-order chi connectivity index (χ0) is 32.2. The van der Waals surface area contributed by atoms with Crippen molar-refractivity contribution in [2.24, 2.45) is 17.8 Å². The van der Waals surface area contributed by atoms with E-state index in [0.717, 1.165) is 40.8 Å². The Kier molecular flexibility index (Phi) is 10.2. The quantitative estimate of drug-likeness (QED) is 0.126. The molecular formula is C36H62O6SSi3. The van der Waals surface area contributed by atoms with Crippen molar-refractivity contribution in [1.29, 1.82) is 0 Å². The number of hydrogen-bond donors (Lipinski definition) is 0. The molecule has 6 aliphatic rings. The van der Waals surface area contributed by atoms with Crippen LogP contribution in [0.3, 0.4) is 0 Å². The Labute approximate surface area is 284 Å². The van der Waals surface area contributed by atoms with Crippen LogP contribution in [0.15, 0.2) is 35.2 Å². The van der Waals surface area contributed by atoms with Gasteiger partial charge in [0.2, 0.25) is 25.0 Å². The molecule has 9 atom stereocenters. The third kappa shape index (κ3) is 9.01. The minimum atomic E-state index is -2.40. The molecule has 260 valence electrons. The van der Waals surface area contributed by atoms with Crippen molar-refractivity contribution >= 4 is 35.8 Å². The summed E-state index contributed by atoms with van der Waals surface area (Å²) in [5.74, 6) is 2.28. The predicted molar refractivity (Wildman–Crippen MR) is 194 cm³/mol. The minimum Gasteiger partial charge on any atom is -0.370 e. The molecule has 3 saturated carbocycles. The van der Waals surface area contributed by atoms with E-state index in [0.29, 0.717) is 36.6 Å². The van der Waals surface area contributed by atoms with Gasteiger partial charge in [-0.25, -0.2) is 0 Å². The maximum absolute atomic E-state index is 7.62. The summed E-state index contributed by atoms with van der Waals surface area (Å²) in [5, 5.41) is 0. The third-order valence-corrected chi connectivity index (χ3v) is 25.2. The molecule has 3 saturated heterocycles. The van der Waals surface area contributed by atoms with E-state index in [1.54, 1.807) is 0 Å². The Bertz CT molecular complexity index is 1070. The SMILES string of the molecule is C[Si](C)(CCC1CCC2OC2C1)OS(O[Si](C)(C)CCC1CCC2OC2C1)(O[Si](C)(C)CCC1CCC2OC2C1)c1ccccc1. The summed E-state index contributed by atoms with van der Waals surface area (Å²) < 4.78 is 40.5. The smallest absolute Gasteiger partial charge is 0.209 e. The molecule has 6 nitrogen and oxygen atoms in total. The molecule has 10 heteroatoms. The lowest BCUT2D eigenvalue weighted by Gasteiger charge is -2.50. The van der Waals surface area contributed by atoms with Gasteiger partial charge in [0.05, 0.1) is 52.4 Å². The van der Waals surface area contributed by atoms with Crippen molar-refractivity contribution in [3.05, 3.63) is 30.3 Å². The summed E-state index contributed by atoms with van der Waals surface area (Å²) in [6.45, 7) is 14.6. The summed E-state index contributed by atoms with van der Waals surface area (Å²) in [7, 11) is -8.92. The van der Waals surface area contributed by atoms with Gasteiger partial charge in [-0.15, -0.1) is 0 Å². The van der Waals surface area contributed by atoms with Crippen LogP contribution in [0.1, 0.15) is 77.0 Å². The van der Waals surface area contributed by atoms with Crippen molar-refractivity contribution in [1.82, 2.24) is 0 Å². The van der Waals surface area contributed by atoms with E-state index >= 15 is 0 Å². The van der Waals surface area contributed by atoms with E-state index in [4.69, 9.17) is 25.8 Å². The van der Waals surface area contributed by atoms with Crippen molar-refractivity contribution in [3.8, 4) is 0 Å².